The molecule has 2 atom stereocenters. The fourth-order valence-electron chi connectivity index (χ4n) is 4.57. The van der Waals surface area contributed by atoms with Crippen molar-refractivity contribution in [3.63, 3.8) is 0 Å². The number of para-hydroxylation sites is 1. The standard InChI is InChI=1S/C29H25N/c1-21(30-24-15-6-3-7-16-24)25-17-10-11-19-27(25)29-26-18-9-8-14-23(26)20-28(29)22-12-4-2-5-13-22/h2-21,29-30H,1H3. The van der Waals surface area contributed by atoms with Crippen LogP contribution in [-0.4, -0.2) is 0 Å². The molecule has 0 saturated heterocycles. The lowest BCUT2D eigenvalue weighted by Gasteiger charge is -2.25. The molecule has 0 fully saturated rings. The van der Waals surface area contributed by atoms with Crippen LogP contribution < -0.4 is 5.32 Å². The molecule has 1 heteroatoms. The molecule has 4 aromatic carbocycles. The van der Waals surface area contributed by atoms with E-state index >= 15 is 0 Å². The summed E-state index contributed by atoms with van der Waals surface area (Å²) in [5, 5.41) is 3.68. The van der Waals surface area contributed by atoms with Crippen LogP contribution in [0.25, 0.3) is 11.6 Å². The van der Waals surface area contributed by atoms with Crippen LogP contribution in [0.2, 0.25) is 0 Å². The molecule has 30 heavy (non-hydrogen) atoms. The van der Waals surface area contributed by atoms with E-state index in [0.717, 1.165) is 5.69 Å². The molecule has 1 nitrogen and oxygen atoms in total. The third-order valence-electron chi connectivity index (χ3n) is 5.97. The first kappa shape index (κ1) is 18.4. The van der Waals surface area contributed by atoms with E-state index in [4.69, 9.17) is 0 Å². The lowest BCUT2D eigenvalue weighted by atomic mass is 9.82. The Morgan fingerprint density at radius 3 is 2.00 bits per heavy atom. The van der Waals surface area contributed by atoms with Crippen LogP contribution in [0.4, 0.5) is 5.69 Å². The van der Waals surface area contributed by atoms with E-state index in [0.29, 0.717) is 0 Å². The van der Waals surface area contributed by atoms with Gasteiger partial charge in [0, 0.05) is 17.6 Å². The second-order valence-electron chi connectivity index (χ2n) is 7.89. The first-order valence-electron chi connectivity index (χ1n) is 10.6. The summed E-state index contributed by atoms with van der Waals surface area (Å²) >= 11 is 0. The lowest BCUT2D eigenvalue weighted by molar-refractivity contribution is 0.854. The Balaban J connectivity index is 1.60. The molecule has 0 saturated carbocycles. The number of nitrogens with one attached hydrogen (secondary N) is 1. The molecule has 0 radical (unpaired) electrons. The van der Waals surface area contributed by atoms with Gasteiger partial charge in [-0.2, -0.15) is 0 Å². The highest BCUT2D eigenvalue weighted by molar-refractivity contribution is 5.93. The van der Waals surface area contributed by atoms with Crippen molar-refractivity contribution < 1.29 is 0 Å². The fourth-order valence-corrected chi connectivity index (χ4v) is 4.57. The third kappa shape index (κ3) is 3.44. The number of benzene rings is 4. The van der Waals surface area contributed by atoms with Crippen LogP contribution in [0, 0.1) is 0 Å². The van der Waals surface area contributed by atoms with Crippen molar-refractivity contribution in [2.45, 2.75) is 18.9 Å². The molecule has 0 heterocycles. The topological polar surface area (TPSA) is 12.0 Å². The normalized spacial score (nSPS) is 15.9. The summed E-state index contributed by atoms with van der Waals surface area (Å²) < 4.78 is 0. The van der Waals surface area contributed by atoms with E-state index < -0.39 is 0 Å². The maximum atomic E-state index is 3.68. The van der Waals surface area contributed by atoms with Crippen LogP contribution >= 0.6 is 0 Å². The van der Waals surface area contributed by atoms with E-state index in [2.05, 4.69) is 128 Å². The Hall–Kier alpha value is -3.58. The van der Waals surface area contributed by atoms with Crippen molar-refractivity contribution in [3.05, 3.63) is 137 Å². The summed E-state index contributed by atoms with van der Waals surface area (Å²) in [7, 11) is 0. The average molecular weight is 388 g/mol. The minimum absolute atomic E-state index is 0.202. The van der Waals surface area contributed by atoms with Gasteiger partial charge in [0.2, 0.25) is 0 Å². The summed E-state index contributed by atoms with van der Waals surface area (Å²) in [5.41, 5.74) is 9.22. The molecule has 1 aliphatic rings. The molecule has 4 aromatic rings. The molecule has 1 aliphatic carbocycles. The summed E-state index contributed by atoms with van der Waals surface area (Å²) in [6.07, 6.45) is 2.36. The van der Waals surface area contributed by atoms with Crippen LogP contribution in [0.3, 0.4) is 0 Å². The molecule has 0 spiro atoms. The summed E-state index contributed by atoms with van der Waals surface area (Å²) in [6, 6.07) is 39.1. The Morgan fingerprint density at radius 1 is 0.633 bits per heavy atom. The highest BCUT2D eigenvalue weighted by Crippen LogP contribution is 2.47. The maximum absolute atomic E-state index is 3.68. The van der Waals surface area contributed by atoms with Gasteiger partial charge in [0.1, 0.15) is 0 Å². The maximum Gasteiger partial charge on any atom is 0.0488 e. The molecule has 0 bridgehead atoms. The monoisotopic (exact) mass is 387 g/mol. The van der Waals surface area contributed by atoms with E-state index in [9.17, 15) is 0 Å². The summed E-state index contributed by atoms with van der Waals surface area (Å²) in [4.78, 5) is 0. The van der Waals surface area contributed by atoms with Crippen molar-refractivity contribution >= 4 is 17.3 Å². The van der Waals surface area contributed by atoms with E-state index in [-0.39, 0.29) is 12.0 Å². The van der Waals surface area contributed by atoms with E-state index in [1.54, 1.807) is 0 Å². The minimum atomic E-state index is 0.202. The average Bonchev–Trinajstić information content (AvgIpc) is 3.20. The first-order valence-corrected chi connectivity index (χ1v) is 10.6. The molecule has 146 valence electrons. The SMILES string of the molecule is CC(Nc1ccccc1)c1ccccc1C1C(c2ccccc2)=Cc2ccccc21. The molecule has 0 aromatic heterocycles. The van der Waals surface area contributed by atoms with Crippen molar-refractivity contribution in [1.82, 2.24) is 0 Å². The second kappa shape index (κ2) is 8.04. The van der Waals surface area contributed by atoms with Gasteiger partial charge in [0.15, 0.2) is 0 Å². The van der Waals surface area contributed by atoms with Crippen LogP contribution in [0.5, 0.6) is 0 Å². The number of anilines is 1. The minimum Gasteiger partial charge on any atom is -0.379 e. The summed E-state index contributed by atoms with van der Waals surface area (Å²) in [5.74, 6) is 0.236. The van der Waals surface area contributed by atoms with Gasteiger partial charge in [-0.05, 0) is 58.5 Å². The van der Waals surface area contributed by atoms with Gasteiger partial charge in [-0.15, -0.1) is 0 Å². The van der Waals surface area contributed by atoms with E-state index in [1.165, 1.54) is 33.4 Å². The third-order valence-corrected chi connectivity index (χ3v) is 5.97. The number of fused-ring (bicyclic) bond motifs is 1. The molecule has 5 rings (SSSR count). The fraction of sp³-hybridized carbons (Fsp3) is 0.103. The Labute approximate surface area is 178 Å². The molecular weight excluding hydrogens is 362 g/mol. The number of rotatable bonds is 5. The van der Waals surface area contributed by atoms with Crippen LogP contribution in [-0.2, 0) is 0 Å². The molecule has 2 unspecified atom stereocenters. The zero-order chi connectivity index (χ0) is 20.3. The second-order valence-corrected chi connectivity index (χ2v) is 7.89. The first-order chi connectivity index (χ1) is 14.8. The Morgan fingerprint density at radius 2 is 1.23 bits per heavy atom. The van der Waals surface area contributed by atoms with Gasteiger partial charge in [0.25, 0.3) is 0 Å². The van der Waals surface area contributed by atoms with Gasteiger partial charge in [-0.1, -0.05) is 97.1 Å². The van der Waals surface area contributed by atoms with E-state index in [1.807, 2.05) is 0 Å². The van der Waals surface area contributed by atoms with Gasteiger partial charge in [-0.3, -0.25) is 0 Å². The summed E-state index contributed by atoms with van der Waals surface area (Å²) in [6.45, 7) is 2.25. The Kier molecular flexibility index (Phi) is 4.94. The smallest absolute Gasteiger partial charge is 0.0488 e. The molecule has 0 aliphatic heterocycles. The molecule has 1 N–H and O–H groups in total. The predicted molar refractivity (Wildman–Crippen MR) is 128 cm³/mol. The zero-order valence-corrected chi connectivity index (χ0v) is 17.1. The van der Waals surface area contributed by atoms with Gasteiger partial charge in [0.05, 0.1) is 0 Å². The number of allylic oxidation sites excluding steroid dienone is 1. The van der Waals surface area contributed by atoms with Gasteiger partial charge >= 0.3 is 0 Å². The van der Waals surface area contributed by atoms with Crippen LogP contribution in [0.15, 0.2) is 109 Å². The zero-order valence-electron chi connectivity index (χ0n) is 17.1. The van der Waals surface area contributed by atoms with Crippen molar-refractivity contribution in [2.24, 2.45) is 0 Å². The molecular formula is C29H25N. The van der Waals surface area contributed by atoms with Gasteiger partial charge in [-0.25, -0.2) is 0 Å². The predicted octanol–water partition coefficient (Wildman–Crippen LogP) is 7.55. The van der Waals surface area contributed by atoms with Crippen molar-refractivity contribution in [2.75, 3.05) is 5.32 Å². The Bertz CT molecular complexity index is 1180. The van der Waals surface area contributed by atoms with Crippen LogP contribution in [0.1, 0.15) is 46.7 Å². The largest absolute Gasteiger partial charge is 0.379 e. The highest BCUT2D eigenvalue weighted by atomic mass is 14.9. The number of hydrogen-bond donors (Lipinski definition) is 1. The number of hydrogen-bond acceptors (Lipinski definition) is 1. The van der Waals surface area contributed by atoms with Crippen molar-refractivity contribution in [1.29, 1.82) is 0 Å². The molecule has 0 amide bonds. The van der Waals surface area contributed by atoms with Gasteiger partial charge < -0.3 is 5.32 Å². The highest BCUT2D eigenvalue weighted by Gasteiger charge is 2.29. The van der Waals surface area contributed by atoms with Crippen molar-refractivity contribution in [3.8, 4) is 0 Å². The lowest BCUT2D eigenvalue weighted by Crippen LogP contribution is -2.12. The quantitative estimate of drug-likeness (QED) is 0.373.